The molecule has 2 atom stereocenters. The van der Waals surface area contributed by atoms with E-state index in [1.807, 2.05) is 12.2 Å². The van der Waals surface area contributed by atoms with Gasteiger partial charge < -0.3 is 9.84 Å². The lowest BCUT2D eigenvalue weighted by Crippen LogP contribution is -2.46. The zero-order chi connectivity index (χ0) is 10.7. The van der Waals surface area contributed by atoms with Crippen molar-refractivity contribution in [1.29, 1.82) is 0 Å². The van der Waals surface area contributed by atoms with Crippen molar-refractivity contribution in [3.05, 3.63) is 24.0 Å². The van der Waals surface area contributed by atoms with E-state index in [-0.39, 0.29) is 0 Å². The third kappa shape index (κ3) is 2.41. The van der Waals surface area contributed by atoms with E-state index in [0.717, 1.165) is 32.7 Å². The number of aliphatic hydroxyl groups excluding tert-OH is 1. The summed E-state index contributed by atoms with van der Waals surface area (Å²) >= 11 is 0. The van der Waals surface area contributed by atoms with E-state index in [2.05, 4.69) is 17.9 Å². The Hall–Kier alpha value is -0.800. The molecule has 15 heavy (non-hydrogen) atoms. The van der Waals surface area contributed by atoms with Crippen molar-refractivity contribution in [3.63, 3.8) is 0 Å². The summed E-state index contributed by atoms with van der Waals surface area (Å²) in [6, 6.07) is 0.440. The van der Waals surface area contributed by atoms with E-state index in [4.69, 9.17) is 4.74 Å². The van der Waals surface area contributed by atoms with Crippen molar-refractivity contribution in [3.8, 4) is 0 Å². The third-order valence-corrected chi connectivity index (χ3v) is 3.23. The topological polar surface area (TPSA) is 32.7 Å². The molecule has 84 valence electrons. The van der Waals surface area contributed by atoms with Crippen molar-refractivity contribution >= 4 is 0 Å². The number of nitrogens with zero attached hydrogens (tertiary/aromatic N) is 1. The Balaban J connectivity index is 2.04. The van der Waals surface area contributed by atoms with Gasteiger partial charge in [0.25, 0.3) is 0 Å². The quantitative estimate of drug-likeness (QED) is 0.751. The second-order valence-electron chi connectivity index (χ2n) is 4.16. The van der Waals surface area contributed by atoms with Crippen LogP contribution in [0.5, 0.6) is 0 Å². The molecule has 0 saturated carbocycles. The molecule has 2 unspecified atom stereocenters. The second kappa shape index (κ2) is 4.81. The van der Waals surface area contributed by atoms with Gasteiger partial charge in [0.05, 0.1) is 13.2 Å². The predicted molar refractivity (Wildman–Crippen MR) is 59.8 cm³/mol. The third-order valence-electron chi connectivity index (χ3n) is 3.23. The summed E-state index contributed by atoms with van der Waals surface area (Å²) in [7, 11) is 0. The molecule has 0 aromatic carbocycles. The van der Waals surface area contributed by atoms with E-state index in [1.165, 1.54) is 0 Å². The summed E-state index contributed by atoms with van der Waals surface area (Å²) in [5, 5.41) is 9.46. The zero-order valence-electron chi connectivity index (χ0n) is 9.22. The zero-order valence-corrected chi connectivity index (χ0v) is 9.22. The van der Waals surface area contributed by atoms with E-state index >= 15 is 0 Å². The molecular formula is C12H19NO2. The Kier molecular flexibility index (Phi) is 3.44. The predicted octanol–water partition coefficient (Wildman–Crippen LogP) is 1.73. The van der Waals surface area contributed by atoms with Crippen molar-refractivity contribution in [1.82, 2.24) is 4.90 Å². The molecule has 1 heterocycles. The molecule has 0 amide bonds. The first-order chi connectivity index (χ1) is 7.31. The van der Waals surface area contributed by atoms with Gasteiger partial charge in [-0.25, -0.2) is 0 Å². The largest absolute Gasteiger partial charge is 0.508 e. The maximum atomic E-state index is 9.46. The Morgan fingerprint density at radius 3 is 2.87 bits per heavy atom. The van der Waals surface area contributed by atoms with Crippen LogP contribution in [0.2, 0.25) is 0 Å². The van der Waals surface area contributed by atoms with Crippen molar-refractivity contribution in [2.75, 3.05) is 26.3 Å². The monoisotopic (exact) mass is 209 g/mol. The fourth-order valence-corrected chi connectivity index (χ4v) is 2.34. The maximum absolute atomic E-state index is 9.46. The van der Waals surface area contributed by atoms with Gasteiger partial charge in [0.15, 0.2) is 0 Å². The standard InChI is InChI=1S/C12H19NO2/c1-2-10-9-11(14)3-4-12(10)13-5-7-15-8-6-13/h3-4,9-10,12,14H,2,5-8H2,1H3. The Morgan fingerprint density at radius 2 is 2.20 bits per heavy atom. The van der Waals surface area contributed by atoms with Gasteiger partial charge in [-0.1, -0.05) is 13.0 Å². The molecule has 0 spiro atoms. The second-order valence-corrected chi connectivity index (χ2v) is 4.16. The number of rotatable bonds is 2. The normalized spacial score (nSPS) is 32.7. The van der Waals surface area contributed by atoms with Crippen LogP contribution in [0.3, 0.4) is 0 Å². The number of ether oxygens (including phenoxy) is 1. The lowest BCUT2D eigenvalue weighted by Gasteiger charge is -2.37. The van der Waals surface area contributed by atoms with E-state index in [0.29, 0.717) is 17.7 Å². The number of morpholine rings is 1. The minimum absolute atomic E-state index is 0.409. The van der Waals surface area contributed by atoms with Crippen LogP contribution in [0.15, 0.2) is 24.0 Å². The molecule has 2 rings (SSSR count). The fraction of sp³-hybridized carbons (Fsp3) is 0.667. The van der Waals surface area contributed by atoms with Crippen molar-refractivity contribution in [2.24, 2.45) is 5.92 Å². The van der Waals surface area contributed by atoms with Gasteiger partial charge in [-0.3, -0.25) is 4.90 Å². The average Bonchev–Trinajstić information content (AvgIpc) is 2.30. The molecule has 3 heteroatoms. The number of hydrogen-bond donors (Lipinski definition) is 1. The summed E-state index contributed by atoms with van der Waals surface area (Å²) in [5.41, 5.74) is 0. The first-order valence-corrected chi connectivity index (χ1v) is 5.72. The lowest BCUT2D eigenvalue weighted by molar-refractivity contribution is 0.0173. The maximum Gasteiger partial charge on any atom is 0.111 e. The first-order valence-electron chi connectivity index (χ1n) is 5.72. The SMILES string of the molecule is CCC1C=C(O)C=CC1N1CCOCC1. The molecule has 0 bridgehead atoms. The van der Waals surface area contributed by atoms with Crippen LogP contribution in [0.1, 0.15) is 13.3 Å². The van der Waals surface area contributed by atoms with Gasteiger partial charge in [-0.2, -0.15) is 0 Å². The minimum Gasteiger partial charge on any atom is -0.508 e. The number of aliphatic hydroxyl groups is 1. The van der Waals surface area contributed by atoms with Gasteiger partial charge in [0, 0.05) is 19.1 Å². The summed E-state index contributed by atoms with van der Waals surface area (Å²) < 4.78 is 5.35. The van der Waals surface area contributed by atoms with Crippen LogP contribution in [0, 0.1) is 5.92 Å². The van der Waals surface area contributed by atoms with Gasteiger partial charge in [-0.05, 0) is 24.5 Å². The Bertz CT molecular complexity index is 267. The van der Waals surface area contributed by atoms with Crippen molar-refractivity contribution in [2.45, 2.75) is 19.4 Å². The van der Waals surface area contributed by atoms with Crippen LogP contribution in [0.4, 0.5) is 0 Å². The smallest absolute Gasteiger partial charge is 0.111 e. The highest BCUT2D eigenvalue weighted by Crippen LogP contribution is 2.24. The summed E-state index contributed by atoms with van der Waals surface area (Å²) in [4.78, 5) is 2.44. The van der Waals surface area contributed by atoms with Crippen molar-refractivity contribution < 1.29 is 9.84 Å². The summed E-state index contributed by atoms with van der Waals surface area (Å²) in [5.74, 6) is 0.847. The van der Waals surface area contributed by atoms with Gasteiger partial charge >= 0.3 is 0 Å². The molecule has 1 fully saturated rings. The minimum atomic E-state index is 0.409. The lowest BCUT2D eigenvalue weighted by atomic mass is 9.90. The summed E-state index contributed by atoms with van der Waals surface area (Å²) in [6.45, 7) is 5.83. The molecule has 0 radical (unpaired) electrons. The van der Waals surface area contributed by atoms with Gasteiger partial charge in [-0.15, -0.1) is 0 Å². The highest BCUT2D eigenvalue weighted by atomic mass is 16.5. The Labute approximate surface area is 91.0 Å². The molecule has 2 aliphatic rings. The van der Waals surface area contributed by atoms with Gasteiger partial charge in [0.2, 0.25) is 0 Å². The average molecular weight is 209 g/mol. The molecule has 1 saturated heterocycles. The highest BCUT2D eigenvalue weighted by molar-refractivity contribution is 5.22. The highest BCUT2D eigenvalue weighted by Gasteiger charge is 2.26. The molecular weight excluding hydrogens is 190 g/mol. The van der Waals surface area contributed by atoms with Gasteiger partial charge in [0.1, 0.15) is 5.76 Å². The molecule has 1 N–H and O–H groups in total. The molecule has 3 nitrogen and oxygen atoms in total. The molecule has 0 aromatic rings. The van der Waals surface area contributed by atoms with Crippen LogP contribution in [0.25, 0.3) is 0 Å². The van der Waals surface area contributed by atoms with E-state index < -0.39 is 0 Å². The van der Waals surface area contributed by atoms with Crippen LogP contribution in [-0.2, 0) is 4.74 Å². The number of hydrogen-bond acceptors (Lipinski definition) is 3. The van der Waals surface area contributed by atoms with E-state index in [9.17, 15) is 5.11 Å². The Morgan fingerprint density at radius 1 is 1.47 bits per heavy atom. The first kappa shape index (κ1) is 10.7. The fourth-order valence-electron chi connectivity index (χ4n) is 2.34. The number of allylic oxidation sites excluding steroid dienone is 1. The molecule has 1 aliphatic carbocycles. The van der Waals surface area contributed by atoms with E-state index in [1.54, 1.807) is 0 Å². The summed E-state index contributed by atoms with van der Waals surface area (Å²) in [6.07, 6.45) is 6.97. The van der Waals surface area contributed by atoms with Crippen LogP contribution >= 0.6 is 0 Å². The van der Waals surface area contributed by atoms with Crippen LogP contribution < -0.4 is 0 Å². The molecule has 0 aromatic heterocycles. The molecule has 1 aliphatic heterocycles. The van der Waals surface area contributed by atoms with Crippen LogP contribution in [-0.4, -0.2) is 42.4 Å².